The Balaban J connectivity index is 0.000000370. The minimum Gasteiger partial charge on any atom is -0.726 e. The van der Waals surface area contributed by atoms with Gasteiger partial charge < -0.3 is 13.9 Å². The Labute approximate surface area is 178 Å². The third-order valence-electron chi connectivity index (χ3n) is 4.65. The molecule has 2 aromatic rings. The molecule has 29 heavy (non-hydrogen) atoms. The first-order valence-electron chi connectivity index (χ1n) is 9.58. The summed E-state index contributed by atoms with van der Waals surface area (Å²) in [7, 11) is 0.171. The van der Waals surface area contributed by atoms with Crippen LogP contribution in [0.2, 0.25) is 0 Å². The number of anilines is 2. The summed E-state index contributed by atoms with van der Waals surface area (Å²) in [5, 5.41) is 0. The third-order valence-corrected chi connectivity index (χ3v) is 6.27. The van der Waals surface area contributed by atoms with Gasteiger partial charge >= 0.3 is 0 Å². The summed E-state index contributed by atoms with van der Waals surface area (Å²) >= 11 is 1.82. The van der Waals surface area contributed by atoms with Crippen LogP contribution in [0.3, 0.4) is 0 Å². The summed E-state index contributed by atoms with van der Waals surface area (Å²) in [5.74, 6) is 1.10. The second-order valence-corrected chi connectivity index (χ2v) is 9.33. The van der Waals surface area contributed by atoms with Crippen molar-refractivity contribution in [1.29, 1.82) is 0 Å². The normalized spacial score (nSPS) is 13.2. The van der Waals surface area contributed by atoms with Crippen LogP contribution in [0.4, 0.5) is 11.5 Å². The Hall–Kier alpha value is -1.65. The average Bonchev–Trinajstić information content (AvgIpc) is 2.67. The molecular formula is C20H29N3O4S2. The van der Waals surface area contributed by atoms with Gasteiger partial charge in [-0.3, -0.25) is 4.18 Å². The van der Waals surface area contributed by atoms with Gasteiger partial charge in [-0.15, -0.1) is 0 Å². The molecule has 0 unspecified atom stereocenters. The van der Waals surface area contributed by atoms with Gasteiger partial charge in [-0.25, -0.2) is 13.4 Å². The van der Waals surface area contributed by atoms with Gasteiger partial charge in [0.1, 0.15) is 5.82 Å². The minimum absolute atomic E-state index is 0.0914. The van der Waals surface area contributed by atoms with E-state index >= 15 is 0 Å². The lowest BCUT2D eigenvalue weighted by atomic mass is 10.2. The number of nitrogens with zero attached hydrogens (tertiary/aromatic N) is 3. The van der Waals surface area contributed by atoms with E-state index in [9.17, 15) is 13.0 Å². The second-order valence-electron chi connectivity index (χ2n) is 7.19. The van der Waals surface area contributed by atoms with Crippen LogP contribution < -0.4 is 4.90 Å². The Morgan fingerprint density at radius 2 is 1.83 bits per heavy atom. The van der Waals surface area contributed by atoms with E-state index in [0.29, 0.717) is 0 Å². The van der Waals surface area contributed by atoms with E-state index < -0.39 is 10.4 Å². The van der Waals surface area contributed by atoms with Crippen LogP contribution in [0.5, 0.6) is 0 Å². The number of hydrogen-bond acceptors (Lipinski definition) is 7. The summed E-state index contributed by atoms with van der Waals surface area (Å²) in [5.41, 5.74) is 1.29. The fraction of sp³-hybridized carbons (Fsp3) is 0.450. The monoisotopic (exact) mass is 439 g/mol. The predicted molar refractivity (Wildman–Crippen MR) is 115 cm³/mol. The zero-order chi connectivity index (χ0) is 21.5. The molecule has 0 fully saturated rings. The number of aromatic nitrogens is 1. The standard InChI is InChI=1S/C18H24N3S.C2H6O4S/c1-4-21(2,3)14-8-13-20-15-9-5-6-10-16(15)22-17-11-7-12-19-18(17)20;1-2-6-7(3,4)5/h5-7,9-12H,4,8,13-14H2,1-3H3;2H2,1H3,(H,3,4,5)/q+1;/p-1. The Bertz CT molecular complexity index is 859. The molecule has 1 aromatic heterocycles. The Morgan fingerprint density at radius 3 is 2.45 bits per heavy atom. The molecule has 160 valence electrons. The highest BCUT2D eigenvalue weighted by Gasteiger charge is 2.24. The number of rotatable bonds is 7. The number of pyridine rings is 1. The number of hydrogen-bond donors (Lipinski definition) is 0. The zero-order valence-corrected chi connectivity index (χ0v) is 19.0. The smallest absolute Gasteiger partial charge is 0.217 e. The van der Waals surface area contributed by atoms with Crippen molar-refractivity contribution in [3.05, 3.63) is 42.6 Å². The fourth-order valence-corrected chi connectivity index (χ4v) is 4.21. The van der Waals surface area contributed by atoms with Crippen molar-refractivity contribution >= 4 is 33.7 Å². The number of quaternary nitrogens is 1. The van der Waals surface area contributed by atoms with Crippen LogP contribution in [-0.4, -0.2) is 62.8 Å². The molecule has 3 rings (SSSR count). The minimum atomic E-state index is -4.42. The molecule has 0 saturated carbocycles. The first-order valence-corrected chi connectivity index (χ1v) is 11.7. The lowest BCUT2D eigenvalue weighted by Gasteiger charge is -2.33. The summed E-state index contributed by atoms with van der Waals surface area (Å²) in [6.07, 6.45) is 3.06. The van der Waals surface area contributed by atoms with Gasteiger partial charge in [-0.05, 0) is 38.1 Å². The third kappa shape index (κ3) is 7.27. The van der Waals surface area contributed by atoms with Crippen molar-refractivity contribution in [3.8, 4) is 0 Å². The molecule has 0 aliphatic carbocycles. The lowest BCUT2D eigenvalue weighted by Crippen LogP contribution is -2.41. The van der Waals surface area contributed by atoms with Crippen LogP contribution >= 0.6 is 11.8 Å². The summed E-state index contributed by atoms with van der Waals surface area (Å²) in [6, 6.07) is 12.8. The predicted octanol–water partition coefficient (Wildman–Crippen LogP) is 3.65. The number of fused-ring (bicyclic) bond motifs is 2. The topological polar surface area (TPSA) is 82.6 Å². The molecule has 9 heteroatoms. The molecule has 0 spiro atoms. The van der Waals surface area contributed by atoms with Gasteiger partial charge in [0.15, 0.2) is 0 Å². The van der Waals surface area contributed by atoms with Crippen molar-refractivity contribution in [1.82, 2.24) is 4.98 Å². The van der Waals surface area contributed by atoms with Gasteiger partial charge in [0, 0.05) is 24.1 Å². The van der Waals surface area contributed by atoms with Gasteiger partial charge in [-0.1, -0.05) is 23.9 Å². The maximum absolute atomic E-state index is 9.45. The molecule has 0 atom stereocenters. The molecule has 0 bridgehead atoms. The van der Waals surface area contributed by atoms with Crippen molar-refractivity contribution in [2.24, 2.45) is 0 Å². The largest absolute Gasteiger partial charge is 0.726 e. The molecule has 0 N–H and O–H groups in total. The van der Waals surface area contributed by atoms with Crippen molar-refractivity contribution < 1.29 is 21.6 Å². The van der Waals surface area contributed by atoms with E-state index in [1.165, 1.54) is 35.5 Å². The Morgan fingerprint density at radius 1 is 1.14 bits per heavy atom. The highest BCUT2D eigenvalue weighted by Crippen LogP contribution is 2.46. The number of para-hydroxylation sites is 1. The van der Waals surface area contributed by atoms with Crippen molar-refractivity contribution in [2.45, 2.75) is 30.1 Å². The summed E-state index contributed by atoms with van der Waals surface area (Å²) in [4.78, 5) is 9.60. The maximum atomic E-state index is 9.45. The van der Waals surface area contributed by atoms with Gasteiger partial charge in [0.05, 0.1) is 44.4 Å². The van der Waals surface area contributed by atoms with Gasteiger partial charge in [-0.2, -0.15) is 0 Å². The van der Waals surface area contributed by atoms with Crippen LogP contribution in [0.25, 0.3) is 0 Å². The van der Waals surface area contributed by atoms with Gasteiger partial charge in [0.25, 0.3) is 0 Å². The molecule has 1 aliphatic rings. The van der Waals surface area contributed by atoms with E-state index in [1.54, 1.807) is 0 Å². The van der Waals surface area contributed by atoms with E-state index in [0.717, 1.165) is 23.3 Å². The van der Waals surface area contributed by atoms with Crippen LogP contribution in [0.15, 0.2) is 52.4 Å². The van der Waals surface area contributed by atoms with E-state index in [2.05, 4.69) is 65.4 Å². The molecule has 2 heterocycles. The first-order chi connectivity index (χ1) is 13.7. The zero-order valence-electron chi connectivity index (χ0n) is 17.4. The second kappa shape index (κ2) is 10.4. The molecule has 1 aliphatic heterocycles. The Kier molecular flexibility index (Phi) is 8.47. The van der Waals surface area contributed by atoms with Crippen LogP contribution in [0.1, 0.15) is 20.3 Å². The molecule has 0 saturated heterocycles. The summed E-state index contributed by atoms with van der Waals surface area (Å²) in [6.45, 7) is 6.96. The quantitative estimate of drug-likeness (QED) is 0.370. The summed E-state index contributed by atoms with van der Waals surface area (Å²) < 4.78 is 33.1. The molecule has 0 radical (unpaired) electrons. The molecular weight excluding hydrogens is 410 g/mol. The fourth-order valence-electron chi connectivity index (χ4n) is 2.85. The SMILES string of the molecule is CCOS(=O)(=O)[O-].CC[N+](C)(C)CCCN1c2ccccc2Sc2cccnc21. The highest BCUT2D eigenvalue weighted by atomic mass is 32.3. The molecule has 7 nitrogen and oxygen atoms in total. The molecule has 1 aromatic carbocycles. The van der Waals surface area contributed by atoms with Crippen molar-refractivity contribution in [2.75, 3.05) is 45.2 Å². The van der Waals surface area contributed by atoms with E-state index in [4.69, 9.17) is 0 Å². The first kappa shape index (κ1) is 23.6. The lowest BCUT2D eigenvalue weighted by molar-refractivity contribution is -0.888. The van der Waals surface area contributed by atoms with E-state index in [-0.39, 0.29) is 6.61 Å². The highest BCUT2D eigenvalue weighted by molar-refractivity contribution is 7.99. The van der Waals surface area contributed by atoms with Crippen LogP contribution in [0, 0.1) is 0 Å². The molecule has 0 amide bonds. The van der Waals surface area contributed by atoms with Crippen molar-refractivity contribution in [3.63, 3.8) is 0 Å². The average molecular weight is 440 g/mol. The number of benzene rings is 1. The van der Waals surface area contributed by atoms with Crippen LogP contribution in [-0.2, 0) is 14.6 Å². The maximum Gasteiger partial charge on any atom is 0.217 e. The van der Waals surface area contributed by atoms with E-state index in [1.807, 2.05) is 24.0 Å². The van der Waals surface area contributed by atoms with Gasteiger partial charge in [0.2, 0.25) is 10.4 Å².